The molecule has 0 aliphatic heterocycles. The van der Waals surface area contributed by atoms with Crippen molar-refractivity contribution in [1.29, 1.82) is 0 Å². The molecule has 0 saturated carbocycles. The van der Waals surface area contributed by atoms with E-state index in [-0.39, 0.29) is 12.6 Å². The second kappa shape index (κ2) is 6.79. The Morgan fingerprint density at radius 3 is 2.65 bits per heavy atom. The predicted molar refractivity (Wildman–Crippen MR) is 76.2 cm³/mol. The van der Waals surface area contributed by atoms with Gasteiger partial charge in [0.1, 0.15) is 5.75 Å². The normalized spacial score (nSPS) is 11.6. The van der Waals surface area contributed by atoms with E-state index in [2.05, 4.69) is 5.32 Å². The highest BCUT2D eigenvalue weighted by Crippen LogP contribution is 2.27. The number of amides is 2. The monoisotopic (exact) mass is 280 g/mol. The maximum atomic E-state index is 12.1. The van der Waals surface area contributed by atoms with Gasteiger partial charge in [-0.2, -0.15) is 0 Å². The van der Waals surface area contributed by atoms with Crippen molar-refractivity contribution in [2.24, 2.45) is 5.92 Å². The molecule has 0 aliphatic carbocycles. The van der Waals surface area contributed by atoms with Crippen molar-refractivity contribution in [3.05, 3.63) is 23.8 Å². The molecule has 0 aromatic heterocycles. The number of nitrogens with one attached hydrogen (secondary N) is 1. The number of rotatable bonds is 5. The molecule has 1 atom stereocenters. The second-order valence-electron chi connectivity index (χ2n) is 4.70. The number of methoxy groups -OCH3 is 1. The van der Waals surface area contributed by atoms with Crippen LogP contribution in [0, 0.1) is 12.8 Å². The van der Waals surface area contributed by atoms with E-state index in [1.165, 1.54) is 12.0 Å². The van der Waals surface area contributed by atoms with Gasteiger partial charge in [-0.25, -0.2) is 4.79 Å². The van der Waals surface area contributed by atoms with Crippen LogP contribution in [0.4, 0.5) is 10.5 Å². The van der Waals surface area contributed by atoms with E-state index in [4.69, 9.17) is 9.84 Å². The second-order valence-corrected chi connectivity index (χ2v) is 4.70. The first-order chi connectivity index (χ1) is 9.36. The molecular weight excluding hydrogens is 260 g/mol. The molecule has 0 saturated heterocycles. The van der Waals surface area contributed by atoms with Gasteiger partial charge < -0.3 is 20.1 Å². The van der Waals surface area contributed by atoms with Gasteiger partial charge >= 0.3 is 12.0 Å². The molecule has 2 amide bonds. The van der Waals surface area contributed by atoms with E-state index in [1.807, 2.05) is 19.1 Å². The van der Waals surface area contributed by atoms with E-state index >= 15 is 0 Å². The van der Waals surface area contributed by atoms with Crippen molar-refractivity contribution in [3.63, 3.8) is 0 Å². The van der Waals surface area contributed by atoms with Crippen molar-refractivity contribution in [3.8, 4) is 5.75 Å². The third-order valence-corrected chi connectivity index (χ3v) is 3.00. The lowest BCUT2D eigenvalue weighted by Crippen LogP contribution is -2.36. The minimum Gasteiger partial charge on any atom is -0.495 e. The fraction of sp³-hybridized carbons (Fsp3) is 0.429. The summed E-state index contributed by atoms with van der Waals surface area (Å²) in [4.78, 5) is 24.2. The van der Waals surface area contributed by atoms with Crippen molar-refractivity contribution < 1.29 is 19.4 Å². The molecule has 0 aliphatic rings. The maximum Gasteiger partial charge on any atom is 0.321 e. The standard InChI is InChI=1S/C14H20N2O4/c1-9-6-5-7-11(20-4)12(9)15-14(19)16(3)8-10(2)13(17)18/h5-7,10H,8H2,1-4H3,(H,15,19)(H,17,18). The Kier molecular flexibility index (Phi) is 5.37. The number of aryl methyl sites for hydroxylation is 1. The third-order valence-electron chi connectivity index (χ3n) is 3.00. The maximum absolute atomic E-state index is 12.1. The number of anilines is 1. The van der Waals surface area contributed by atoms with Gasteiger partial charge in [0, 0.05) is 13.6 Å². The predicted octanol–water partition coefficient (Wildman–Crippen LogP) is 2.19. The molecule has 1 unspecified atom stereocenters. The molecule has 1 rings (SSSR count). The molecule has 110 valence electrons. The number of para-hydroxylation sites is 1. The molecule has 0 spiro atoms. The Hall–Kier alpha value is -2.24. The molecule has 2 N–H and O–H groups in total. The summed E-state index contributed by atoms with van der Waals surface area (Å²) in [5, 5.41) is 11.6. The lowest BCUT2D eigenvalue weighted by Gasteiger charge is -2.21. The van der Waals surface area contributed by atoms with Crippen LogP contribution in [-0.2, 0) is 4.79 Å². The van der Waals surface area contributed by atoms with Gasteiger partial charge in [0.15, 0.2) is 0 Å². The van der Waals surface area contributed by atoms with Crippen LogP contribution in [0.5, 0.6) is 5.75 Å². The summed E-state index contributed by atoms with van der Waals surface area (Å²) in [6.45, 7) is 3.55. The van der Waals surface area contributed by atoms with Gasteiger partial charge in [-0.3, -0.25) is 4.79 Å². The first-order valence-electron chi connectivity index (χ1n) is 6.25. The zero-order valence-electron chi connectivity index (χ0n) is 12.1. The Balaban J connectivity index is 2.78. The van der Waals surface area contributed by atoms with Crippen LogP contribution in [0.3, 0.4) is 0 Å². The summed E-state index contributed by atoms with van der Waals surface area (Å²) in [5.74, 6) is -0.985. The van der Waals surface area contributed by atoms with Crippen molar-refractivity contribution >= 4 is 17.7 Å². The zero-order valence-corrected chi connectivity index (χ0v) is 12.1. The highest BCUT2D eigenvalue weighted by Gasteiger charge is 2.18. The van der Waals surface area contributed by atoms with Gasteiger partial charge in [0.2, 0.25) is 0 Å². The average Bonchev–Trinajstić information content (AvgIpc) is 2.40. The number of nitrogens with zero attached hydrogens (tertiary/aromatic N) is 1. The van der Waals surface area contributed by atoms with Crippen LogP contribution in [0.25, 0.3) is 0 Å². The zero-order chi connectivity index (χ0) is 15.3. The lowest BCUT2D eigenvalue weighted by molar-refractivity contribution is -0.141. The molecular formula is C14H20N2O4. The first kappa shape index (κ1) is 15.8. The summed E-state index contributed by atoms with van der Waals surface area (Å²) in [5.41, 5.74) is 1.47. The van der Waals surface area contributed by atoms with E-state index in [1.54, 1.807) is 20.0 Å². The Morgan fingerprint density at radius 2 is 2.10 bits per heavy atom. The fourth-order valence-corrected chi connectivity index (χ4v) is 1.75. The molecule has 1 aromatic rings. The molecule has 0 radical (unpaired) electrons. The number of carboxylic acid groups (broad SMARTS) is 1. The molecule has 0 fully saturated rings. The number of aliphatic carboxylic acids is 1. The topological polar surface area (TPSA) is 78.9 Å². The van der Waals surface area contributed by atoms with Crippen LogP contribution in [0.15, 0.2) is 18.2 Å². The Labute approximate surface area is 118 Å². The Bertz CT molecular complexity index is 502. The van der Waals surface area contributed by atoms with Gasteiger partial charge in [-0.05, 0) is 18.6 Å². The van der Waals surface area contributed by atoms with Gasteiger partial charge in [0.05, 0.1) is 18.7 Å². The molecule has 6 nitrogen and oxygen atoms in total. The number of benzene rings is 1. The quantitative estimate of drug-likeness (QED) is 0.866. The van der Waals surface area contributed by atoms with Crippen LogP contribution >= 0.6 is 0 Å². The SMILES string of the molecule is COc1cccc(C)c1NC(=O)N(C)CC(C)C(=O)O. The highest BCUT2D eigenvalue weighted by atomic mass is 16.5. The van der Waals surface area contributed by atoms with E-state index in [0.29, 0.717) is 11.4 Å². The van der Waals surface area contributed by atoms with Crippen molar-refractivity contribution in [2.45, 2.75) is 13.8 Å². The van der Waals surface area contributed by atoms with Crippen molar-refractivity contribution in [1.82, 2.24) is 4.90 Å². The molecule has 1 aromatic carbocycles. The van der Waals surface area contributed by atoms with Crippen LogP contribution < -0.4 is 10.1 Å². The molecule has 6 heteroatoms. The summed E-state index contributed by atoms with van der Waals surface area (Å²) in [7, 11) is 3.08. The number of carbonyl (C=O) groups is 2. The van der Waals surface area contributed by atoms with Crippen LogP contribution in [0.1, 0.15) is 12.5 Å². The van der Waals surface area contributed by atoms with Crippen LogP contribution in [-0.4, -0.2) is 42.7 Å². The van der Waals surface area contributed by atoms with E-state index in [9.17, 15) is 9.59 Å². The van der Waals surface area contributed by atoms with Gasteiger partial charge in [-0.1, -0.05) is 19.1 Å². The fourth-order valence-electron chi connectivity index (χ4n) is 1.75. The highest BCUT2D eigenvalue weighted by molar-refractivity contribution is 5.92. The number of carbonyl (C=O) groups excluding carboxylic acids is 1. The number of urea groups is 1. The minimum absolute atomic E-state index is 0.134. The summed E-state index contributed by atoms with van der Waals surface area (Å²) in [6.07, 6.45) is 0. The minimum atomic E-state index is -0.932. The lowest BCUT2D eigenvalue weighted by atomic mass is 10.1. The number of carboxylic acids is 1. The largest absolute Gasteiger partial charge is 0.495 e. The molecule has 0 bridgehead atoms. The summed E-state index contributed by atoms with van der Waals surface area (Å²) in [6, 6.07) is 5.08. The smallest absolute Gasteiger partial charge is 0.321 e. The van der Waals surface area contributed by atoms with Crippen LogP contribution in [0.2, 0.25) is 0 Å². The summed E-state index contributed by atoms with van der Waals surface area (Å²) >= 11 is 0. The Morgan fingerprint density at radius 1 is 1.45 bits per heavy atom. The van der Waals surface area contributed by atoms with Gasteiger partial charge in [-0.15, -0.1) is 0 Å². The third kappa shape index (κ3) is 3.88. The van der Waals surface area contributed by atoms with Crippen molar-refractivity contribution in [2.75, 3.05) is 26.0 Å². The average molecular weight is 280 g/mol. The molecule has 20 heavy (non-hydrogen) atoms. The number of hydrogen-bond acceptors (Lipinski definition) is 3. The number of ether oxygens (including phenoxy) is 1. The van der Waals surface area contributed by atoms with E-state index in [0.717, 1.165) is 5.56 Å². The first-order valence-corrected chi connectivity index (χ1v) is 6.25. The van der Waals surface area contributed by atoms with Gasteiger partial charge in [0.25, 0.3) is 0 Å². The molecule has 0 heterocycles. The number of hydrogen-bond donors (Lipinski definition) is 2. The van der Waals surface area contributed by atoms with E-state index < -0.39 is 11.9 Å². The summed E-state index contributed by atoms with van der Waals surface area (Å²) < 4.78 is 5.20.